The highest BCUT2D eigenvalue weighted by molar-refractivity contribution is 7.21. The van der Waals surface area contributed by atoms with Crippen molar-refractivity contribution in [3.8, 4) is 23.0 Å². The summed E-state index contributed by atoms with van der Waals surface area (Å²) >= 11 is 2.15. The highest BCUT2D eigenvalue weighted by Crippen LogP contribution is 2.44. The van der Waals surface area contributed by atoms with Gasteiger partial charge in [0.15, 0.2) is 46.2 Å². The molecule has 1 saturated carbocycles. The quantitative estimate of drug-likeness (QED) is 0.0831. The van der Waals surface area contributed by atoms with E-state index in [9.17, 15) is 24.3 Å². The smallest absolute Gasteiger partial charge is 0.307 e. The van der Waals surface area contributed by atoms with Gasteiger partial charge >= 0.3 is 11.9 Å². The molecule has 256 valence electrons. The average molecular weight is 705 g/mol. The van der Waals surface area contributed by atoms with Gasteiger partial charge in [0.25, 0.3) is 0 Å². The zero-order valence-corrected chi connectivity index (χ0v) is 28.1. The largest absolute Gasteiger partial charge is 0.493 e. The predicted molar refractivity (Wildman–Crippen MR) is 175 cm³/mol. The van der Waals surface area contributed by atoms with Gasteiger partial charge in [0, 0.05) is 44.6 Å². The molecule has 4 aromatic rings. The van der Waals surface area contributed by atoms with Crippen LogP contribution in [0.3, 0.4) is 0 Å². The van der Waals surface area contributed by atoms with Crippen LogP contribution >= 0.6 is 22.7 Å². The molecule has 0 radical (unpaired) electrons. The van der Waals surface area contributed by atoms with Crippen LogP contribution in [-0.2, 0) is 9.59 Å². The molecule has 0 aliphatic heterocycles. The first kappa shape index (κ1) is 35.0. The summed E-state index contributed by atoms with van der Waals surface area (Å²) in [4.78, 5) is 48.6. The Hall–Kier alpha value is -4.30. The maximum absolute atomic E-state index is 15.6. The van der Waals surface area contributed by atoms with Crippen LogP contribution in [0.1, 0.15) is 64.8 Å². The number of hydrogen-bond acceptors (Lipinski definition) is 10. The SMILES string of the molecule is COc1cc2sc(C(=O)C[C@H](C)C(=O)O)cc2c(F)c1OCCCCCOc1c(OC)cc2sc(C(=O)[C@@H]3CC[C@H]3C(=O)O)cc2c1F. The molecule has 10 nitrogen and oxygen atoms in total. The van der Waals surface area contributed by atoms with E-state index in [-0.39, 0.29) is 69.8 Å². The molecule has 48 heavy (non-hydrogen) atoms. The Morgan fingerprint density at radius 3 is 1.75 bits per heavy atom. The number of Topliss-reactive ketones (excluding diaryl/α,β-unsaturated/α-hetero) is 2. The van der Waals surface area contributed by atoms with E-state index in [2.05, 4.69) is 0 Å². The molecular formula is C34H34F2O10S2. The molecule has 0 saturated heterocycles. The van der Waals surface area contributed by atoms with E-state index in [1.165, 1.54) is 33.3 Å². The molecule has 1 fully saturated rings. The molecule has 2 aromatic heterocycles. The molecule has 3 atom stereocenters. The zero-order chi connectivity index (χ0) is 34.7. The summed E-state index contributed by atoms with van der Waals surface area (Å²) in [6, 6.07) is 6.02. The number of hydrogen-bond donors (Lipinski definition) is 2. The van der Waals surface area contributed by atoms with Crippen LogP contribution in [-0.4, -0.2) is 61.2 Å². The zero-order valence-electron chi connectivity index (χ0n) is 26.4. The number of carbonyl (C=O) groups is 4. The molecule has 0 bridgehead atoms. The minimum absolute atomic E-state index is 0.0868. The first-order valence-corrected chi connectivity index (χ1v) is 17.0. The van der Waals surface area contributed by atoms with Crippen LogP contribution in [0.4, 0.5) is 8.78 Å². The molecule has 14 heteroatoms. The van der Waals surface area contributed by atoms with Gasteiger partial charge < -0.3 is 29.2 Å². The van der Waals surface area contributed by atoms with Crippen molar-refractivity contribution in [2.45, 2.75) is 45.4 Å². The monoisotopic (exact) mass is 704 g/mol. The summed E-state index contributed by atoms with van der Waals surface area (Å²) in [6.45, 7) is 1.72. The average Bonchev–Trinajstić information content (AvgIpc) is 3.66. The number of halogens is 2. The van der Waals surface area contributed by atoms with E-state index in [1.807, 2.05) is 0 Å². The van der Waals surface area contributed by atoms with E-state index in [0.29, 0.717) is 46.4 Å². The molecule has 0 spiro atoms. The Kier molecular flexibility index (Phi) is 10.8. The summed E-state index contributed by atoms with van der Waals surface area (Å²) < 4.78 is 54.1. The molecule has 2 aromatic carbocycles. The lowest BCUT2D eigenvalue weighted by molar-refractivity contribution is -0.146. The van der Waals surface area contributed by atoms with E-state index in [4.69, 9.17) is 24.1 Å². The Balaban J connectivity index is 1.16. The van der Waals surface area contributed by atoms with Gasteiger partial charge in [-0.25, -0.2) is 8.78 Å². The van der Waals surface area contributed by atoms with Crippen molar-refractivity contribution < 1.29 is 57.1 Å². The van der Waals surface area contributed by atoms with Crippen molar-refractivity contribution in [2.75, 3.05) is 27.4 Å². The lowest BCUT2D eigenvalue weighted by Gasteiger charge is -2.31. The molecule has 0 amide bonds. The fourth-order valence-electron chi connectivity index (χ4n) is 5.52. The topological polar surface area (TPSA) is 146 Å². The summed E-state index contributed by atoms with van der Waals surface area (Å²) in [7, 11) is 2.76. The fraction of sp³-hybridized carbons (Fsp3) is 0.412. The maximum atomic E-state index is 15.6. The van der Waals surface area contributed by atoms with Crippen molar-refractivity contribution in [1.29, 1.82) is 0 Å². The second kappa shape index (κ2) is 14.9. The number of fused-ring (bicyclic) bond motifs is 2. The summed E-state index contributed by atoms with van der Waals surface area (Å²) in [5, 5.41) is 18.8. The number of carboxylic acids is 2. The Morgan fingerprint density at radius 2 is 1.29 bits per heavy atom. The molecule has 5 rings (SSSR count). The summed E-state index contributed by atoms with van der Waals surface area (Å²) in [5.41, 5.74) is 0. The summed E-state index contributed by atoms with van der Waals surface area (Å²) in [6.07, 6.45) is 2.36. The van der Waals surface area contributed by atoms with Crippen LogP contribution in [0.15, 0.2) is 24.3 Å². The lowest BCUT2D eigenvalue weighted by atomic mass is 9.71. The third kappa shape index (κ3) is 7.09. The van der Waals surface area contributed by atoms with Gasteiger partial charge in [-0.05, 0) is 44.2 Å². The van der Waals surface area contributed by atoms with E-state index in [0.717, 1.165) is 22.7 Å². The minimum atomic E-state index is -1.09. The van der Waals surface area contributed by atoms with E-state index >= 15 is 8.78 Å². The van der Waals surface area contributed by atoms with Gasteiger partial charge in [0.05, 0.1) is 49.0 Å². The molecule has 2 heterocycles. The number of rotatable bonds is 17. The molecule has 0 unspecified atom stereocenters. The van der Waals surface area contributed by atoms with Crippen molar-refractivity contribution >= 4 is 66.4 Å². The number of carboxylic acid groups (broad SMARTS) is 2. The second-order valence-corrected chi connectivity index (χ2v) is 13.8. The summed E-state index contributed by atoms with van der Waals surface area (Å²) in [5.74, 6) is -6.17. The van der Waals surface area contributed by atoms with Crippen molar-refractivity contribution in [1.82, 2.24) is 0 Å². The standard InChI is InChI=1S/C34H34F2O10S2/c1-16(33(39)40)11-21(37)26-12-19-24(47-26)14-22(43-2)31(28(19)35)45-9-5-4-6-10-46-32-23(44-3)15-25-20(29(32)36)13-27(48-25)30(38)17-7-8-18(17)34(41)42/h12-18H,4-11H2,1-3H3,(H,39,40)(H,41,42)/t16-,17+,18+/m0/s1. The predicted octanol–water partition coefficient (Wildman–Crippen LogP) is 7.63. The molecule has 1 aliphatic rings. The number of carbonyl (C=O) groups excluding carboxylic acids is 2. The number of benzene rings is 2. The fourth-order valence-corrected chi connectivity index (χ4v) is 7.64. The Labute approximate surface area is 282 Å². The van der Waals surface area contributed by atoms with E-state index in [1.54, 1.807) is 12.1 Å². The van der Waals surface area contributed by atoms with Crippen molar-refractivity contribution in [3.05, 3.63) is 45.7 Å². The Morgan fingerprint density at radius 1 is 0.792 bits per heavy atom. The van der Waals surface area contributed by atoms with Gasteiger partial charge in [0.2, 0.25) is 0 Å². The van der Waals surface area contributed by atoms with Crippen LogP contribution in [0, 0.1) is 29.4 Å². The van der Waals surface area contributed by atoms with Crippen LogP contribution in [0.25, 0.3) is 20.2 Å². The third-order valence-electron chi connectivity index (χ3n) is 8.45. The minimum Gasteiger partial charge on any atom is -0.493 e. The first-order chi connectivity index (χ1) is 22.9. The number of thiophene rings is 2. The Bertz CT molecular complexity index is 1880. The van der Waals surface area contributed by atoms with Crippen LogP contribution in [0.2, 0.25) is 0 Å². The first-order valence-electron chi connectivity index (χ1n) is 15.3. The lowest BCUT2D eigenvalue weighted by Crippen LogP contribution is -2.37. The van der Waals surface area contributed by atoms with Crippen LogP contribution in [0.5, 0.6) is 23.0 Å². The number of methoxy groups -OCH3 is 2. The van der Waals surface area contributed by atoms with Gasteiger partial charge in [0.1, 0.15) is 0 Å². The van der Waals surface area contributed by atoms with Crippen molar-refractivity contribution in [2.24, 2.45) is 17.8 Å². The molecule has 1 aliphatic carbocycles. The molecular weight excluding hydrogens is 670 g/mol. The van der Waals surface area contributed by atoms with Gasteiger partial charge in [-0.15, -0.1) is 22.7 Å². The van der Waals surface area contributed by atoms with Gasteiger partial charge in [-0.1, -0.05) is 6.92 Å². The van der Waals surface area contributed by atoms with E-state index < -0.39 is 41.3 Å². The number of aliphatic carboxylic acids is 2. The highest BCUT2D eigenvalue weighted by Gasteiger charge is 2.42. The number of unbranched alkanes of at least 4 members (excludes halogenated alkanes) is 2. The van der Waals surface area contributed by atoms with Crippen LogP contribution < -0.4 is 18.9 Å². The maximum Gasteiger partial charge on any atom is 0.307 e. The number of ketones is 2. The van der Waals surface area contributed by atoms with Gasteiger partial charge in [-0.3, -0.25) is 19.2 Å². The third-order valence-corrected chi connectivity index (χ3v) is 10.7. The highest BCUT2D eigenvalue weighted by atomic mass is 32.1. The normalized spacial score (nSPS) is 16.4. The van der Waals surface area contributed by atoms with Crippen molar-refractivity contribution in [3.63, 3.8) is 0 Å². The molecule has 2 N–H and O–H groups in total. The van der Waals surface area contributed by atoms with Gasteiger partial charge in [-0.2, -0.15) is 0 Å². The second-order valence-electron chi connectivity index (χ2n) is 11.6. The number of ether oxygens (including phenoxy) is 4.